The molecule has 0 bridgehead atoms. The molecular formula is C24H29ClN4O3S2. The summed E-state index contributed by atoms with van der Waals surface area (Å²) in [7, 11) is -1.65. The van der Waals surface area contributed by atoms with Crippen molar-refractivity contribution in [3.63, 3.8) is 0 Å². The van der Waals surface area contributed by atoms with E-state index in [1.165, 1.54) is 11.3 Å². The van der Waals surface area contributed by atoms with E-state index >= 15 is 0 Å². The molecule has 4 rings (SSSR count). The lowest BCUT2D eigenvalue weighted by Crippen LogP contribution is -2.32. The van der Waals surface area contributed by atoms with Gasteiger partial charge >= 0.3 is 0 Å². The normalized spacial score (nSPS) is 13.3. The van der Waals surface area contributed by atoms with E-state index in [1.54, 1.807) is 18.0 Å². The van der Waals surface area contributed by atoms with Gasteiger partial charge in [0, 0.05) is 43.4 Å². The van der Waals surface area contributed by atoms with Crippen molar-refractivity contribution >= 4 is 55.4 Å². The van der Waals surface area contributed by atoms with Gasteiger partial charge in [-0.1, -0.05) is 42.5 Å². The molecule has 0 spiro atoms. The summed E-state index contributed by atoms with van der Waals surface area (Å²) in [6.07, 6.45) is 1.01. The SMILES string of the molecule is CN(CCc1ccc(C2=NCCN2)cc1)C(=O)CCNCS(=O)(=O)c1cc2ccccc2s1.Cl. The molecule has 7 nitrogen and oxygen atoms in total. The fourth-order valence-corrected chi connectivity index (χ4v) is 6.23. The fourth-order valence-electron chi connectivity index (χ4n) is 3.62. The molecule has 182 valence electrons. The topological polar surface area (TPSA) is 90.9 Å². The first-order chi connectivity index (χ1) is 15.9. The van der Waals surface area contributed by atoms with Gasteiger partial charge in [0.2, 0.25) is 15.7 Å². The number of carbonyl (C=O) groups excluding carboxylic acids is 1. The van der Waals surface area contributed by atoms with Crippen molar-refractivity contribution in [2.75, 3.05) is 39.1 Å². The van der Waals surface area contributed by atoms with Crippen molar-refractivity contribution in [2.45, 2.75) is 17.1 Å². The van der Waals surface area contributed by atoms with Crippen molar-refractivity contribution < 1.29 is 13.2 Å². The van der Waals surface area contributed by atoms with E-state index in [0.29, 0.717) is 17.3 Å². The van der Waals surface area contributed by atoms with E-state index in [1.807, 2.05) is 24.3 Å². The van der Waals surface area contributed by atoms with Crippen LogP contribution in [0, 0.1) is 0 Å². The summed E-state index contributed by atoms with van der Waals surface area (Å²) in [5, 5.41) is 7.10. The zero-order valence-corrected chi connectivity index (χ0v) is 21.4. The molecule has 1 aliphatic heterocycles. The number of fused-ring (bicyclic) bond motifs is 1. The average Bonchev–Trinajstić information content (AvgIpc) is 3.51. The minimum Gasteiger partial charge on any atom is -0.368 e. The van der Waals surface area contributed by atoms with Crippen LogP contribution in [-0.2, 0) is 21.1 Å². The smallest absolute Gasteiger partial charge is 0.223 e. The third-order valence-electron chi connectivity index (χ3n) is 5.58. The van der Waals surface area contributed by atoms with E-state index in [2.05, 4.69) is 39.9 Å². The molecule has 0 atom stereocenters. The first-order valence-corrected chi connectivity index (χ1v) is 13.4. The lowest BCUT2D eigenvalue weighted by molar-refractivity contribution is -0.129. The summed E-state index contributed by atoms with van der Waals surface area (Å²) < 4.78 is 26.5. The van der Waals surface area contributed by atoms with Gasteiger partial charge in [0.15, 0.2) is 0 Å². The van der Waals surface area contributed by atoms with Gasteiger partial charge in [-0.05, 0) is 29.5 Å². The summed E-state index contributed by atoms with van der Waals surface area (Å²) >= 11 is 1.27. The molecule has 1 aromatic heterocycles. The van der Waals surface area contributed by atoms with E-state index in [0.717, 1.165) is 46.6 Å². The van der Waals surface area contributed by atoms with Crippen molar-refractivity contribution in [3.8, 4) is 0 Å². The summed E-state index contributed by atoms with van der Waals surface area (Å²) in [6.45, 7) is 2.63. The van der Waals surface area contributed by atoms with E-state index in [9.17, 15) is 13.2 Å². The highest BCUT2D eigenvalue weighted by atomic mass is 35.5. The number of amidine groups is 1. The lowest BCUT2D eigenvalue weighted by atomic mass is 10.1. The summed E-state index contributed by atoms with van der Waals surface area (Å²) in [4.78, 5) is 18.5. The number of hydrogen-bond donors (Lipinski definition) is 2. The van der Waals surface area contributed by atoms with Crippen molar-refractivity contribution in [1.82, 2.24) is 15.5 Å². The Kier molecular flexibility index (Phi) is 9.07. The second-order valence-electron chi connectivity index (χ2n) is 8.03. The summed E-state index contributed by atoms with van der Waals surface area (Å²) in [6, 6.07) is 17.6. The van der Waals surface area contributed by atoms with Crippen LogP contribution in [0.25, 0.3) is 10.1 Å². The summed E-state index contributed by atoms with van der Waals surface area (Å²) in [5.41, 5.74) is 2.24. The number of rotatable bonds is 10. The van der Waals surface area contributed by atoms with E-state index in [4.69, 9.17) is 0 Å². The Bertz CT molecular complexity index is 1220. The maximum Gasteiger partial charge on any atom is 0.223 e. The molecule has 2 aromatic carbocycles. The van der Waals surface area contributed by atoms with Crippen molar-refractivity contribution in [3.05, 3.63) is 65.7 Å². The quantitative estimate of drug-likeness (QED) is 0.401. The van der Waals surface area contributed by atoms with E-state index in [-0.39, 0.29) is 30.6 Å². The van der Waals surface area contributed by atoms with Gasteiger partial charge in [-0.2, -0.15) is 0 Å². The Hall–Kier alpha value is -2.46. The van der Waals surface area contributed by atoms with Crippen LogP contribution >= 0.6 is 23.7 Å². The van der Waals surface area contributed by atoms with Crippen LogP contribution in [0.2, 0.25) is 0 Å². The number of thiophene rings is 1. The number of aliphatic imine (C=N–C) groups is 1. The minimum absolute atomic E-state index is 0. The number of halogens is 1. The fraction of sp³-hybridized carbons (Fsp3) is 0.333. The number of nitrogens with zero attached hydrogens (tertiary/aromatic N) is 2. The highest BCUT2D eigenvalue weighted by Crippen LogP contribution is 2.29. The highest BCUT2D eigenvalue weighted by molar-refractivity contribution is 7.93. The largest absolute Gasteiger partial charge is 0.368 e. The van der Waals surface area contributed by atoms with Crippen molar-refractivity contribution in [1.29, 1.82) is 0 Å². The molecule has 0 fully saturated rings. The van der Waals surface area contributed by atoms with Gasteiger partial charge in [-0.3, -0.25) is 9.79 Å². The second kappa shape index (κ2) is 11.8. The lowest BCUT2D eigenvalue weighted by Gasteiger charge is -2.17. The van der Waals surface area contributed by atoms with Crippen LogP contribution < -0.4 is 10.6 Å². The number of nitrogens with one attached hydrogen (secondary N) is 2. The van der Waals surface area contributed by atoms with Gasteiger partial charge in [0.1, 0.15) is 15.9 Å². The molecule has 1 amide bonds. The van der Waals surface area contributed by atoms with Gasteiger partial charge in [0.05, 0.1) is 6.54 Å². The molecular weight excluding hydrogens is 492 g/mol. The predicted octanol–water partition coefficient (Wildman–Crippen LogP) is 3.08. The molecule has 10 heteroatoms. The zero-order chi connectivity index (χ0) is 23.3. The predicted molar refractivity (Wildman–Crippen MR) is 141 cm³/mol. The van der Waals surface area contributed by atoms with Crippen LogP contribution in [0.4, 0.5) is 0 Å². The molecule has 3 aromatic rings. The molecule has 34 heavy (non-hydrogen) atoms. The Morgan fingerprint density at radius 2 is 1.94 bits per heavy atom. The van der Waals surface area contributed by atoms with Crippen LogP contribution in [0.1, 0.15) is 17.5 Å². The second-order valence-corrected chi connectivity index (χ2v) is 11.3. The first-order valence-electron chi connectivity index (χ1n) is 11.0. The van der Waals surface area contributed by atoms with Crippen LogP contribution in [-0.4, -0.2) is 64.2 Å². The van der Waals surface area contributed by atoms with Crippen molar-refractivity contribution in [2.24, 2.45) is 4.99 Å². The van der Waals surface area contributed by atoms with Crippen LogP contribution in [0.15, 0.2) is 63.8 Å². The molecule has 0 unspecified atom stereocenters. The monoisotopic (exact) mass is 520 g/mol. The molecule has 0 radical (unpaired) electrons. The maximum atomic E-state index is 12.6. The van der Waals surface area contributed by atoms with Gasteiger partial charge in [-0.25, -0.2) is 8.42 Å². The number of benzene rings is 2. The third kappa shape index (κ3) is 6.56. The molecule has 0 saturated carbocycles. The first kappa shape index (κ1) is 26.2. The molecule has 1 aliphatic rings. The molecule has 2 heterocycles. The Balaban J connectivity index is 0.00000324. The molecule has 2 N–H and O–H groups in total. The van der Waals surface area contributed by atoms with Crippen LogP contribution in [0.3, 0.4) is 0 Å². The van der Waals surface area contributed by atoms with Gasteiger partial charge in [-0.15, -0.1) is 23.7 Å². The molecule has 0 saturated heterocycles. The highest BCUT2D eigenvalue weighted by Gasteiger charge is 2.18. The Morgan fingerprint density at radius 1 is 1.18 bits per heavy atom. The Morgan fingerprint density at radius 3 is 2.65 bits per heavy atom. The molecule has 0 aliphatic carbocycles. The number of likely N-dealkylation sites (N-methyl/N-ethyl adjacent to an activating group) is 1. The van der Waals surface area contributed by atoms with E-state index < -0.39 is 9.84 Å². The Labute approximate surface area is 210 Å². The average molecular weight is 521 g/mol. The zero-order valence-electron chi connectivity index (χ0n) is 19.0. The number of sulfone groups is 1. The van der Waals surface area contributed by atoms with Gasteiger partial charge < -0.3 is 15.5 Å². The van der Waals surface area contributed by atoms with Gasteiger partial charge in [0.25, 0.3) is 0 Å². The maximum absolute atomic E-state index is 12.6. The minimum atomic E-state index is -3.43. The third-order valence-corrected chi connectivity index (χ3v) is 8.82. The number of hydrogen-bond acceptors (Lipinski definition) is 7. The number of carbonyl (C=O) groups is 1. The van der Waals surface area contributed by atoms with Crippen LogP contribution in [0.5, 0.6) is 0 Å². The summed E-state index contributed by atoms with van der Waals surface area (Å²) in [5.74, 6) is 0.752. The standard InChI is InChI=1S/C24H28N4O3S2.ClH/c1-28(15-11-18-6-8-19(9-7-18)24-26-13-14-27-24)22(29)10-12-25-17-33(30,31)23-16-20-4-2-3-5-21(20)32-23;/h2-9,16,25H,10-15,17H2,1H3,(H,26,27);1H. The number of amides is 1.